The van der Waals surface area contributed by atoms with Gasteiger partial charge in [-0.2, -0.15) is 0 Å². The number of carbonyl (C=O) groups is 2. The number of amides is 2. The van der Waals surface area contributed by atoms with Gasteiger partial charge in [0.05, 0.1) is 25.1 Å². The lowest BCUT2D eigenvalue weighted by Gasteiger charge is -2.21. The van der Waals surface area contributed by atoms with Crippen LogP contribution in [-0.4, -0.2) is 41.2 Å². The molecule has 136 valence electrons. The third-order valence-electron chi connectivity index (χ3n) is 4.87. The first-order chi connectivity index (χ1) is 12.6. The monoisotopic (exact) mass is 358 g/mol. The Morgan fingerprint density at radius 3 is 3.00 bits per heavy atom. The van der Waals surface area contributed by atoms with Gasteiger partial charge >= 0.3 is 6.09 Å². The molecule has 2 aromatic rings. The molecule has 2 aliphatic rings. The number of anilines is 1. The lowest BCUT2D eigenvalue weighted by Crippen LogP contribution is -2.39. The maximum Gasteiger partial charge on any atom is 0.414 e. The third-order valence-corrected chi connectivity index (χ3v) is 4.87. The van der Waals surface area contributed by atoms with Gasteiger partial charge in [-0.05, 0) is 37.1 Å². The molecular weight excluding hydrogens is 339 g/mol. The number of aromatic amines is 1. The first kappa shape index (κ1) is 16.6. The maximum absolute atomic E-state index is 13.0. The fraction of sp³-hybridized carbons (Fsp3) is 0.389. The molecule has 0 bridgehead atoms. The summed E-state index contributed by atoms with van der Waals surface area (Å²) in [7, 11) is 0. The number of benzene rings is 1. The van der Waals surface area contributed by atoms with E-state index in [1.165, 1.54) is 29.2 Å². The Morgan fingerprint density at radius 2 is 2.19 bits per heavy atom. The van der Waals surface area contributed by atoms with Crippen molar-refractivity contribution in [2.45, 2.75) is 25.4 Å². The lowest BCUT2D eigenvalue weighted by molar-refractivity contribution is -0.125. The second-order valence-corrected chi connectivity index (χ2v) is 6.61. The molecule has 1 saturated heterocycles. The van der Waals surface area contributed by atoms with Crippen LogP contribution < -0.4 is 10.2 Å². The third kappa shape index (κ3) is 3.26. The van der Waals surface area contributed by atoms with Gasteiger partial charge in [0.1, 0.15) is 11.9 Å². The Balaban J connectivity index is 1.31. The first-order valence-electron chi connectivity index (χ1n) is 8.62. The van der Waals surface area contributed by atoms with Gasteiger partial charge in [0.2, 0.25) is 5.91 Å². The fourth-order valence-corrected chi connectivity index (χ4v) is 3.44. The molecule has 0 spiro atoms. The second-order valence-electron chi connectivity index (χ2n) is 6.61. The van der Waals surface area contributed by atoms with Gasteiger partial charge < -0.3 is 15.0 Å². The molecule has 1 aromatic heterocycles. The summed E-state index contributed by atoms with van der Waals surface area (Å²) < 4.78 is 18.3. The SMILES string of the molecule is O=C(NCC1CN(c2ccc(F)cc2)C(=O)O1)C1CCc2nc[nH]c2C1. The number of hydrogen-bond acceptors (Lipinski definition) is 4. The predicted molar refractivity (Wildman–Crippen MR) is 91.1 cm³/mol. The van der Waals surface area contributed by atoms with Crippen LogP contribution in [0.3, 0.4) is 0 Å². The van der Waals surface area contributed by atoms with E-state index in [2.05, 4.69) is 15.3 Å². The van der Waals surface area contributed by atoms with Crippen molar-refractivity contribution in [3.8, 4) is 0 Å². The lowest BCUT2D eigenvalue weighted by atomic mass is 9.89. The molecule has 2 atom stereocenters. The van der Waals surface area contributed by atoms with Gasteiger partial charge in [0, 0.05) is 23.7 Å². The summed E-state index contributed by atoms with van der Waals surface area (Å²) in [6.07, 6.45) is 2.93. The normalized spacial score (nSPS) is 22.0. The van der Waals surface area contributed by atoms with Crippen LogP contribution in [0.15, 0.2) is 30.6 Å². The molecule has 8 heteroatoms. The number of nitrogens with zero attached hydrogens (tertiary/aromatic N) is 2. The van der Waals surface area contributed by atoms with E-state index in [0.29, 0.717) is 18.7 Å². The molecule has 2 heterocycles. The molecule has 1 aliphatic heterocycles. The fourth-order valence-electron chi connectivity index (χ4n) is 3.44. The second kappa shape index (κ2) is 6.78. The standard InChI is InChI=1S/C18H19FN4O3/c19-12-2-4-13(5-3-12)23-9-14(26-18(23)25)8-20-17(24)11-1-6-15-16(7-11)22-10-21-15/h2-5,10-11,14H,1,6-9H2,(H,20,24)(H,21,22). The van der Waals surface area contributed by atoms with E-state index in [0.717, 1.165) is 24.2 Å². The minimum Gasteiger partial charge on any atom is -0.442 e. The largest absolute Gasteiger partial charge is 0.442 e. The van der Waals surface area contributed by atoms with E-state index in [4.69, 9.17) is 4.74 Å². The number of nitrogens with one attached hydrogen (secondary N) is 2. The predicted octanol–water partition coefficient (Wildman–Crippen LogP) is 1.80. The number of cyclic esters (lactones) is 1. The van der Waals surface area contributed by atoms with Crippen LogP contribution in [0.5, 0.6) is 0 Å². The number of aromatic nitrogens is 2. The van der Waals surface area contributed by atoms with Crippen molar-refractivity contribution in [2.24, 2.45) is 5.92 Å². The van der Waals surface area contributed by atoms with E-state index in [9.17, 15) is 14.0 Å². The number of ether oxygens (including phenoxy) is 1. The van der Waals surface area contributed by atoms with Crippen LogP contribution in [0.4, 0.5) is 14.9 Å². The van der Waals surface area contributed by atoms with Crippen molar-refractivity contribution >= 4 is 17.7 Å². The number of imidazole rings is 1. The summed E-state index contributed by atoms with van der Waals surface area (Å²) in [5, 5.41) is 2.88. The van der Waals surface area contributed by atoms with E-state index in [1.807, 2.05) is 0 Å². The van der Waals surface area contributed by atoms with E-state index >= 15 is 0 Å². The number of fused-ring (bicyclic) bond motifs is 1. The van der Waals surface area contributed by atoms with Crippen LogP contribution in [0, 0.1) is 11.7 Å². The van der Waals surface area contributed by atoms with Gasteiger partial charge in [-0.3, -0.25) is 9.69 Å². The highest BCUT2D eigenvalue weighted by atomic mass is 19.1. The highest BCUT2D eigenvalue weighted by molar-refractivity contribution is 5.89. The van der Waals surface area contributed by atoms with Crippen molar-refractivity contribution < 1.29 is 18.7 Å². The zero-order chi connectivity index (χ0) is 18.1. The smallest absolute Gasteiger partial charge is 0.414 e. The minimum atomic E-state index is -0.490. The number of halogens is 1. The summed E-state index contributed by atoms with van der Waals surface area (Å²) in [6.45, 7) is 0.578. The number of aryl methyl sites for hydroxylation is 1. The molecule has 2 N–H and O–H groups in total. The summed E-state index contributed by atoms with van der Waals surface area (Å²) in [4.78, 5) is 33.2. The molecule has 1 fully saturated rings. The molecule has 26 heavy (non-hydrogen) atoms. The van der Waals surface area contributed by atoms with Gasteiger partial charge in [-0.15, -0.1) is 0 Å². The van der Waals surface area contributed by atoms with Gasteiger partial charge in [0.25, 0.3) is 0 Å². The molecule has 2 amide bonds. The highest BCUT2D eigenvalue weighted by Gasteiger charge is 2.33. The summed E-state index contributed by atoms with van der Waals surface area (Å²) in [5.74, 6) is -0.507. The number of H-pyrrole nitrogens is 1. The minimum absolute atomic E-state index is 0.0402. The van der Waals surface area contributed by atoms with Crippen LogP contribution in [0.25, 0.3) is 0 Å². The average Bonchev–Trinajstić information content (AvgIpc) is 3.26. The Hall–Kier alpha value is -2.90. The Bertz CT molecular complexity index is 820. The van der Waals surface area contributed by atoms with E-state index < -0.39 is 12.2 Å². The van der Waals surface area contributed by atoms with Crippen LogP contribution in [0.1, 0.15) is 17.8 Å². The van der Waals surface area contributed by atoms with Crippen molar-refractivity contribution in [1.82, 2.24) is 15.3 Å². The van der Waals surface area contributed by atoms with Crippen LogP contribution in [0.2, 0.25) is 0 Å². The number of carbonyl (C=O) groups excluding carboxylic acids is 2. The van der Waals surface area contributed by atoms with Crippen molar-refractivity contribution in [3.05, 3.63) is 47.8 Å². The van der Waals surface area contributed by atoms with Crippen LogP contribution >= 0.6 is 0 Å². The molecule has 1 aliphatic carbocycles. The molecule has 1 aromatic carbocycles. The zero-order valence-corrected chi connectivity index (χ0v) is 14.1. The molecular formula is C18H19FN4O3. The quantitative estimate of drug-likeness (QED) is 0.872. The van der Waals surface area contributed by atoms with Gasteiger partial charge in [-0.25, -0.2) is 14.2 Å². The first-order valence-corrected chi connectivity index (χ1v) is 8.62. The molecule has 4 rings (SSSR count). The van der Waals surface area contributed by atoms with E-state index in [-0.39, 0.29) is 24.2 Å². The van der Waals surface area contributed by atoms with Gasteiger partial charge in [-0.1, -0.05) is 0 Å². The van der Waals surface area contributed by atoms with E-state index in [1.54, 1.807) is 6.33 Å². The summed E-state index contributed by atoms with van der Waals surface area (Å²) in [5.41, 5.74) is 2.63. The Labute approximate surface area is 149 Å². The zero-order valence-electron chi connectivity index (χ0n) is 14.1. The molecule has 2 unspecified atom stereocenters. The van der Waals surface area contributed by atoms with Crippen molar-refractivity contribution in [2.75, 3.05) is 18.0 Å². The Morgan fingerprint density at radius 1 is 1.38 bits per heavy atom. The van der Waals surface area contributed by atoms with Crippen LogP contribution in [-0.2, 0) is 22.4 Å². The number of rotatable bonds is 4. The maximum atomic E-state index is 13.0. The summed E-state index contributed by atoms with van der Waals surface area (Å²) >= 11 is 0. The highest BCUT2D eigenvalue weighted by Crippen LogP contribution is 2.24. The Kier molecular flexibility index (Phi) is 4.32. The molecule has 7 nitrogen and oxygen atoms in total. The van der Waals surface area contributed by atoms with Crippen molar-refractivity contribution in [3.63, 3.8) is 0 Å². The van der Waals surface area contributed by atoms with Crippen molar-refractivity contribution in [1.29, 1.82) is 0 Å². The number of hydrogen-bond donors (Lipinski definition) is 2. The van der Waals surface area contributed by atoms with Gasteiger partial charge in [0.15, 0.2) is 0 Å². The average molecular weight is 358 g/mol. The molecule has 0 radical (unpaired) electrons. The summed E-state index contributed by atoms with van der Waals surface area (Å²) in [6, 6.07) is 5.65. The molecule has 0 saturated carbocycles. The topological polar surface area (TPSA) is 87.3 Å².